The number of carbonyl (C=O) groups excluding carboxylic acids is 2. The highest BCUT2D eigenvalue weighted by Crippen LogP contribution is 2.28. The molecule has 2 aromatic carbocycles. The summed E-state index contributed by atoms with van der Waals surface area (Å²) in [4.78, 5) is 26.4. The van der Waals surface area contributed by atoms with E-state index in [2.05, 4.69) is 16.7 Å². The highest BCUT2D eigenvalue weighted by Gasteiger charge is 2.23. The van der Waals surface area contributed by atoms with Crippen molar-refractivity contribution in [3.05, 3.63) is 59.7 Å². The molecule has 1 atom stereocenters. The third-order valence-electron chi connectivity index (χ3n) is 4.55. The normalized spacial score (nSPS) is 13.8. The van der Waals surface area contributed by atoms with Crippen LogP contribution in [0.2, 0.25) is 0 Å². The molecule has 0 radical (unpaired) electrons. The Labute approximate surface area is 159 Å². The van der Waals surface area contributed by atoms with Crippen LogP contribution in [0.3, 0.4) is 0 Å². The number of methoxy groups -OCH3 is 1. The minimum absolute atomic E-state index is 0.0739. The number of anilines is 2. The number of hydrogen-bond acceptors (Lipinski definition) is 3. The number of hydrogen-bond donors (Lipinski definition) is 2. The predicted molar refractivity (Wildman–Crippen MR) is 106 cm³/mol. The Balaban J connectivity index is 1.55. The predicted octanol–water partition coefficient (Wildman–Crippen LogP) is 2.97. The first-order chi connectivity index (χ1) is 13.1. The summed E-state index contributed by atoms with van der Waals surface area (Å²) in [6.07, 6.45) is 1.24. The fraction of sp³-hybridized carbons (Fsp3) is 0.333. The molecule has 0 spiro atoms. The molecular formula is C21H25N3O3. The van der Waals surface area contributed by atoms with E-state index in [4.69, 9.17) is 4.74 Å². The summed E-state index contributed by atoms with van der Waals surface area (Å²) in [5.74, 6) is 0.0896. The molecule has 0 saturated heterocycles. The zero-order chi connectivity index (χ0) is 19.2. The Bertz CT molecular complexity index is 805. The minimum Gasteiger partial charge on any atom is -0.383 e. The molecule has 1 heterocycles. The van der Waals surface area contributed by atoms with Crippen molar-refractivity contribution in [2.24, 2.45) is 0 Å². The fourth-order valence-electron chi connectivity index (χ4n) is 3.26. The van der Waals surface area contributed by atoms with Gasteiger partial charge < -0.3 is 20.3 Å². The zero-order valence-electron chi connectivity index (χ0n) is 15.7. The van der Waals surface area contributed by atoms with Gasteiger partial charge in [0, 0.05) is 25.0 Å². The number of nitrogens with one attached hydrogen (secondary N) is 2. The standard InChI is InChI=1S/C21H25N3O3/c1-15(14-27-2)22-21(26)23-18-9-7-16(8-10-18)13-20(25)24-12-11-17-5-3-4-6-19(17)24/h3-10,15H,11-14H2,1-2H3,(H2,22,23,26). The maximum atomic E-state index is 12.7. The molecule has 27 heavy (non-hydrogen) atoms. The third kappa shape index (κ3) is 4.86. The van der Waals surface area contributed by atoms with Gasteiger partial charge in [-0.15, -0.1) is 0 Å². The SMILES string of the molecule is COCC(C)NC(=O)Nc1ccc(CC(=O)N2CCc3ccccc32)cc1. The number of fused-ring (bicyclic) bond motifs is 1. The summed E-state index contributed by atoms with van der Waals surface area (Å²) in [7, 11) is 1.59. The van der Waals surface area contributed by atoms with Gasteiger partial charge in [-0.1, -0.05) is 30.3 Å². The van der Waals surface area contributed by atoms with Crippen molar-refractivity contribution in [2.45, 2.75) is 25.8 Å². The Kier molecular flexibility index (Phi) is 6.08. The lowest BCUT2D eigenvalue weighted by atomic mass is 10.1. The second-order valence-electron chi connectivity index (χ2n) is 6.75. The second-order valence-corrected chi connectivity index (χ2v) is 6.75. The van der Waals surface area contributed by atoms with Crippen LogP contribution >= 0.6 is 0 Å². The maximum Gasteiger partial charge on any atom is 0.319 e. The average molecular weight is 367 g/mol. The van der Waals surface area contributed by atoms with Gasteiger partial charge in [-0.2, -0.15) is 0 Å². The number of rotatable bonds is 6. The molecule has 3 amide bonds. The molecule has 1 aliphatic rings. The van der Waals surface area contributed by atoms with Crippen molar-refractivity contribution < 1.29 is 14.3 Å². The molecule has 6 heteroatoms. The average Bonchev–Trinajstić information content (AvgIpc) is 3.07. The molecule has 1 aliphatic heterocycles. The van der Waals surface area contributed by atoms with Crippen molar-refractivity contribution in [3.63, 3.8) is 0 Å². The van der Waals surface area contributed by atoms with E-state index in [1.165, 1.54) is 5.56 Å². The van der Waals surface area contributed by atoms with Gasteiger partial charge in [0.25, 0.3) is 0 Å². The summed E-state index contributed by atoms with van der Waals surface area (Å²) in [5.41, 5.74) is 3.84. The lowest BCUT2D eigenvalue weighted by molar-refractivity contribution is -0.117. The highest BCUT2D eigenvalue weighted by molar-refractivity contribution is 5.96. The number of benzene rings is 2. The number of amides is 3. The lowest BCUT2D eigenvalue weighted by Crippen LogP contribution is -2.38. The number of carbonyl (C=O) groups is 2. The van der Waals surface area contributed by atoms with Crippen LogP contribution in [0.4, 0.5) is 16.2 Å². The van der Waals surface area contributed by atoms with E-state index >= 15 is 0 Å². The van der Waals surface area contributed by atoms with Gasteiger partial charge in [0.15, 0.2) is 0 Å². The van der Waals surface area contributed by atoms with Gasteiger partial charge in [-0.3, -0.25) is 4.79 Å². The summed E-state index contributed by atoms with van der Waals surface area (Å²) in [6.45, 7) is 3.06. The molecule has 2 N–H and O–H groups in total. The molecule has 0 aromatic heterocycles. The molecule has 6 nitrogen and oxygen atoms in total. The smallest absolute Gasteiger partial charge is 0.319 e. The molecule has 0 aliphatic carbocycles. The van der Waals surface area contributed by atoms with E-state index in [-0.39, 0.29) is 18.0 Å². The van der Waals surface area contributed by atoms with Crippen LogP contribution in [0.1, 0.15) is 18.1 Å². The molecule has 142 valence electrons. The van der Waals surface area contributed by atoms with Crippen molar-refractivity contribution in [2.75, 3.05) is 30.5 Å². The third-order valence-corrected chi connectivity index (χ3v) is 4.55. The van der Waals surface area contributed by atoms with Crippen LogP contribution in [0.5, 0.6) is 0 Å². The van der Waals surface area contributed by atoms with Crippen LogP contribution in [0, 0.1) is 0 Å². The summed E-state index contributed by atoms with van der Waals surface area (Å²) >= 11 is 0. The van der Waals surface area contributed by atoms with Crippen LogP contribution in [-0.2, 0) is 22.4 Å². The number of ether oxygens (including phenoxy) is 1. The Hall–Kier alpha value is -2.86. The van der Waals surface area contributed by atoms with E-state index in [1.54, 1.807) is 19.2 Å². The van der Waals surface area contributed by atoms with Gasteiger partial charge in [-0.25, -0.2) is 4.79 Å². The quantitative estimate of drug-likeness (QED) is 0.825. The Morgan fingerprint density at radius 2 is 1.89 bits per heavy atom. The molecule has 0 bridgehead atoms. The molecule has 1 unspecified atom stereocenters. The Morgan fingerprint density at radius 1 is 1.15 bits per heavy atom. The second kappa shape index (κ2) is 8.68. The number of nitrogens with zero attached hydrogens (tertiary/aromatic N) is 1. The first-order valence-electron chi connectivity index (χ1n) is 9.10. The van der Waals surface area contributed by atoms with E-state index in [9.17, 15) is 9.59 Å². The van der Waals surface area contributed by atoms with Gasteiger partial charge in [0.05, 0.1) is 19.1 Å². The largest absolute Gasteiger partial charge is 0.383 e. The zero-order valence-corrected chi connectivity index (χ0v) is 15.7. The first kappa shape index (κ1) is 18.9. The lowest BCUT2D eigenvalue weighted by Gasteiger charge is -2.17. The first-order valence-corrected chi connectivity index (χ1v) is 9.10. The molecule has 0 saturated carbocycles. The van der Waals surface area contributed by atoms with Crippen LogP contribution in [-0.4, -0.2) is 38.2 Å². The van der Waals surface area contributed by atoms with Crippen molar-refractivity contribution in [3.8, 4) is 0 Å². The molecule has 2 aromatic rings. The van der Waals surface area contributed by atoms with Crippen LogP contribution < -0.4 is 15.5 Å². The van der Waals surface area contributed by atoms with Gasteiger partial charge in [0.1, 0.15) is 0 Å². The molecule has 3 rings (SSSR count). The fourth-order valence-corrected chi connectivity index (χ4v) is 3.26. The van der Waals surface area contributed by atoms with Crippen LogP contribution in [0.25, 0.3) is 0 Å². The molecular weight excluding hydrogens is 342 g/mol. The highest BCUT2D eigenvalue weighted by atomic mass is 16.5. The van der Waals surface area contributed by atoms with Crippen LogP contribution in [0.15, 0.2) is 48.5 Å². The van der Waals surface area contributed by atoms with Crippen molar-refractivity contribution >= 4 is 23.3 Å². The van der Waals surface area contributed by atoms with Crippen molar-refractivity contribution in [1.29, 1.82) is 0 Å². The van der Waals surface area contributed by atoms with Gasteiger partial charge in [-0.05, 0) is 42.7 Å². The number of para-hydroxylation sites is 1. The summed E-state index contributed by atoms with van der Waals surface area (Å²) in [6, 6.07) is 15.0. The Morgan fingerprint density at radius 3 is 2.63 bits per heavy atom. The van der Waals surface area contributed by atoms with Crippen molar-refractivity contribution in [1.82, 2.24) is 5.32 Å². The minimum atomic E-state index is -0.281. The maximum absolute atomic E-state index is 12.7. The van der Waals surface area contributed by atoms with E-state index < -0.39 is 0 Å². The topological polar surface area (TPSA) is 70.7 Å². The monoisotopic (exact) mass is 367 g/mol. The summed E-state index contributed by atoms with van der Waals surface area (Å²) < 4.78 is 4.99. The number of urea groups is 1. The van der Waals surface area contributed by atoms with E-state index in [0.717, 1.165) is 24.2 Å². The van der Waals surface area contributed by atoms with Gasteiger partial charge in [0.2, 0.25) is 5.91 Å². The van der Waals surface area contributed by atoms with E-state index in [0.29, 0.717) is 18.7 Å². The van der Waals surface area contributed by atoms with Gasteiger partial charge >= 0.3 is 6.03 Å². The summed E-state index contributed by atoms with van der Waals surface area (Å²) in [5, 5.41) is 5.57. The molecule has 0 fully saturated rings. The van der Waals surface area contributed by atoms with E-state index in [1.807, 2.05) is 42.2 Å².